The molecule has 1 aromatic carbocycles. The maximum Gasteiger partial charge on any atom is 0.240 e. The zero-order chi connectivity index (χ0) is 13.9. The van der Waals surface area contributed by atoms with Gasteiger partial charge in [-0.1, -0.05) is 38.2 Å². The maximum absolute atomic E-state index is 11.4. The van der Waals surface area contributed by atoms with E-state index in [0.717, 1.165) is 16.8 Å². The van der Waals surface area contributed by atoms with E-state index in [1.54, 1.807) is 0 Å². The summed E-state index contributed by atoms with van der Waals surface area (Å²) >= 11 is 5.01. The highest BCUT2D eigenvalue weighted by molar-refractivity contribution is 7.80. The zero-order valence-electron chi connectivity index (χ0n) is 10.9. The van der Waals surface area contributed by atoms with Crippen molar-refractivity contribution in [2.24, 2.45) is 17.4 Å². The molecule has 0 aromatic heterocycles. The van der Waals surface area contributed by atoms with Gasteiger partial charge in [-0.3, -0.25) is 4.79 Å². The average molecular weight is 265 g/mol. The van der Waals surface area contributed by atoms with E-state index in [4.69, 9.17) is 23.7 Å². The van der Waals surface area contributed by atoms with Crippen molar-refractivity contribution in [3.05, 3.63) is 29.3 Å². The third kappa shape index (κ3) is 3.20. The summed E-state index contributed by atoms with van der Waals surface area (Å²) in [5.74, 6) is -0.302. The van der Waals surface area contributed by atoms with Gasteiger partial charge in [0.15, 0.2) is 0 Å². The van der Waals surface area contributed by atoms with E-state index in [2.05, 4.69) is 5.32 Å². The normalized spacial score (nSPS) is 12.2. The fourth-order valence-electron chi connectivity index (χ4n) is 1.79. The largest absolute Gasteiger partial charge is 0.389 e. The van der Waals surface area contributed by atoms with E-state index in [9.17, 15) is 4.79 Å². The Labute approximate surface area is 113 Å². The van der Waals surface area contributed by atoms with Crippen LogP contribution in [0.4, 0.5) is 5.69 Å². The van der Waals surface area contributed by atoms with E-state index >= 15 is 0 Å². The predicted molar refractivity (Wildman–Crippen MR) is 78.5 cm³/mol. The summed E-state index contributed by atoms with van der Waals surface area (Å²) in [6, 6.07) is 5.20. The Morgan fingerprint density at radius 1 is 1.33 bits per heavy atom. The summed E-state index contributed by atoms with van der Waals surface area (Å²) in [6.45, 7) is 5.80. The van der Waals surface area contributed by atoms with Crippen LogP contribution in [0.3, 0.4) is 0 Å². The van der Waals surface area contributed by atoms with Gasteiger partial charge in [0.25, 0.3) is 0 Å². The molecule has 1 atom stereocenters. The lowest BCUT2D eigenvalue weighted by atomic mass is 10.0. The Hall–Kier alpha value is -1.62. The molecular weight excluding hydrogens is 246 g/mol. The van der Waals surface area contributed by atoms with Crippen LogP contribution < -0.4 is 16.8 Å². The minimum absolute atomic E-state index is 0.0845. The molecule has 0 saturated heterocycles. The van der Waals surface area contributed by atoms with Crippen molar-refractivity contribution in [1.82, 2.24) is 0 Å². The van der Waals surface area contributed by atoms with Crippen molar-refractivity contribution < 1.29 is 4.79 Å². The smallest absolute Gasteiger partial charge is 0.240 e. The fourth-order valence-corrected chi connectivity index (χ4v) is 1.96. The number of hydrogen-bond donors (Lipinski definition) is 3. The Morgan fingerprint density at radius 3 is 2.39 bits per heavy atom. The number of carbonyl (C=O) groups is 1. The van der Waals surface area contributed by atoms with Crippen LogP contribution in [-0.4, -0.2) is 16.9 Å². The molecule has 18 heavy (non-hydrogen) atoms. The average Bonchev–Trinajstić information content (AvgIpc) is 2.25. The first-order valence-electron chi connectivity index (χ1n) is 5.79. The fraction of sp³-hybridized carbons (Fsp3) is 0.385. The molecule has 0 heterocycles. The summed E-state index contributed by atoms with van der Waals surface area (Å²) in [6.07, 6.45) is 0. The van der Waals surface area contributed by atoms with Gasteiger partial charge in [0, 0.05) is 11.3 Å². The molecule has 0 radical (unpaired) electrons. The van der Waals surface area contributed by atoms with Gasteiger partial charge in [0.2, 0.25) is 5.91 Å². The molecular formula is C13H19N3OS. The standard InChI is InChI=1S/C13H19N3OS/c1-7(2)10(12(14)17)16-11-8(3)5-4-6-9(11)13(15)18/h4-7,10,16H,1-3H3,(H2,14,17)(H2,15,18). The quantitative estimate of drug-likeness (QED) is 0.706. The second-order valence-electron chi connectivity index (χ2n) is 4.63. The number of primary amides is 1. The van der Waals surface area contributed by atoms with Crippen LogP contribution >= 0.6 is 12.2 Å². The van der Waals surface area contributed by atoms with Gasteiger partial charge >= 0.3 is 0 Å². The SMILES string of the molecule is Cc1cccc(C(N)=S)c1NC(C(N)=O)C(C)C. The molecule has 1 aromatic rings. The lowest BCUT2D eigenvalue weighted by molar-refractivity contribution is -0.119. The molecule has 0 bridgehead atoms. The number of nitrogens with one attached hydrogen (secondary N) is 1. The number of hydrogen-bond acceptors (Lipinski definition) is 3. The van der Waals surface area contributed by atoms with Crippen LogP contribution in [0.2, 0.25) is 0 Å². The van der Waals surface area contributed by atoms with Crippen molar-refractivity contribution >= 4 is 28.8 Å². The third-order valence-electron chi connectivity index (χ3n) is 2.81. The summed E-state index contributed by atoms with van der Waals surface area (Å²) < 4.78 is 0. The number of aryl methyl sites for hydroxylation is 1. The van der Waals surface area contributed by atoms with Gasteiger partial charge in [-0.05, 0) is 24.5 Å². The minimum Gasteiger partial charge on any atom is -0.389 e. The van der Waals surface area contributed by atoms with Gasteiger partial charge in [-0.15, -0.1) is 0 Å². The van der Waals surface area contributed by atoms with E-state index < -0.39 is 6.04 Å². The number of benzene rings is 1. The van der Waals surface area contributed by atoms with Crippen molar-refractivity contribution in [1.29, 1.82) is 0 Å². The highest BCUT2D eigenvalue weighted by atomic mass is 32.1. The van der Waals surface area contributed by atoms with Crippen molar-refractivity contribution in [3.63, 3.8) is 0 Å². The Kier molecular flexibility index (Phi) is 4.67. The molecule has 98 valence electrons. The summed E-state index contributed by atoms with van der Waals surface area (Å²) in [5, 5.41) is 3.15. The van der Waals surface area contributed by atoms with Gasteiger partial charge in [0.05, 0.1) is 0 Å². The molecule has 1 unspecified atom stereocenters. The Morgan fingerprint density at radius 2 is 1.94 bits per heavy atom. The highest BCUT2D eigenvalue weighted by Crippen LogP contribution is 2.23. The Balaban J connectivity index is 3.16. The zero-order valence-corrected chi connectivity index (χ0v) is 11.7. The van der Waals surface area contributed by atoms with E-state index in [1.165, 1.54) is 0 Å². The second-order valence-corrected chi connectivity index (χ2v) is 5.07. The Bertz CT molecular complexity index is 471. The summed E-state index contributed by atoms with van der Waals surface area (Å²) in [5.41, 5.74) is 13.6. The third-order valence-corrected chi connectivity index (χ3v) is 3.03. The first-order chi connectivity index (χ1) is 8.34. The number of carbonyl (C=O) groups excluding carboxylic acids is 1. The van der Waals surface area contributed by atoms with E-state index in [0.29, 0.717) is 4.99 Å². The monoisotopic (exact) mass is 265 g/mol. The molecule has 5 heteroatoms. The molecule has 1 rings (SSSR count). The van der Waals surface area contributed by atoms with Gasteiger partial charge in [0.1, 0.15) is 11.0 Å². The van der Waals surface area contributed by atoms with Crippen molar-refractivity contribution in [2.75, 3.05) is 5.32 Å². The number of para-hydroxylation sites is 1. The molecule has 0 fully saturated rings. The maximum atomic E-state index is 11.4. The van der Waals surface area contributed by atoms with E-state index in [-0.39, 0.29) is 11.8 Å². The van der Waals surface area contributed by atoms with Crippen LogP contribution in [-0.2, 0) is 4.79 Å². The molecule has 0 aliphatic carbocycles. The first kappa shape index (κ1) is 14.4. The number of anilines is 1. The van der Waals surface area contributed by atoms with Gasteiger partial charge in [-0.2, -0.15) is 0 Å². The molecule has 0 saturated carbocycles. The molecule has 0 aliphatic heterocycles. The molecule has 0 aliphatic rings. The lowest BCUT2D eigenvalue weighted by Gasteiger charge is -2.23. The highest BCUT2D eigenvalue weighted by Gasteiger charge is 2.21. The van der Waals surface area contributed by atoms with Crippen molar-refractivity contribution in [3.8, 4) is 0 Å². The van der Waals surface area contributed by atoms with Crippen LogP contribution in [0.15, 0.2) is 18.2 Å². The second kappa shape index (κ2) is 5.82. The minimum atomic E-state index is -0.445. The number of nitrogens with two attached hydrogens (primary N) is 2. The lowest BCUT2D eigenvalue weighted by Crippen LogP contribution is -2.40. The topological polar surface area (TPSA) is 81.1 Å². The molecule has 0 spiro atoms. The van der Waals surface area contributed by atoms with Crippen LogP contribution in [0.25, 0.3) is 0 Å². The molecule has 1 amide bonds. The predicted octanol–water partition coefficient (Wildman–Crippen LogP) is 1.55. The van der Waals surface area contributed by atoms with E-state index in [1.807, 2.05) is 39.0 Å². The van der Waals surface area contributed by atoms with Crippen LogP contribution in [0, 0.1) is 12.8 Å². The van der Waals surface area contributed by atoms with Crippen LogP contribution in [0.1, 0.15) is 25.0 Å². The number of rotatable bonds is 5. The number of amides is 1. The van der Waals surface area contributed by atoms with Crippen LogP contribution in [0.5, 0.6) is 0 Å². The van der Waals surface area contributed by atoms with Gasteiger partial charge in [-0.25, -0.2) is 0 Å². The summed E-state index contributed by atoms with van der Waals surface area (Å²) in [7, 11) is 0. The first-order valence-corrected chi connectivity index (χ1v) is 6.20. The molecule has 4 nitrogen and oxygen atoms in total. The summed E-state index contributed by atoms with van der Waals surface area (Å²) in [4.78, 5) is 11.7. The number of thiocarbonyl (C=S) groups is 1. The van der Waals surface area contributed by atoms with Crippen molar-refractivity contribution in [2.45, 2.75) is 26.8 Å². The molecule has 5 N–H and O–H groups in total. The van der Waals surface area contributed by atoms with Gasteiger partial charge < -0.3 is 16.8 Å².